The molecule has 11 heteroatoms. The monoisotopic (exact) mass is 453 g/mol. The van der Waals surface area contributed by atoms with Crippen LogP contribution in [0.25, 0.3) is 20.8 Å². The molecule has 0 unspecified atom stereocenters. The zero-order valence-corrected chi connectivity index (χ0v) is 17.5. The summed E-state index contributed by atoms with van der Waals surface area (Å²) in [7, 11) is 0. The van der Waals surface area contributed by atoms with E-state index in [1.54, 1.807) is 35.6 Å². The molecule has 1 aromatic carbocycles. The number of para-hydroxylation sites is 1. The Balaban J connectivity index is 1.48. The highest BCUT2D eigenvalue weighted by Gasteiger charge is 2.17. The minimum atomic E-state index is -0.501. The fraction of sp³-hybridized carbons (Fsp3) is 0.0526. The summed E-state index contributed by atoms with van der Waals surface area (Å²) in [5.74, 6) is -0.318. The van der Waals surface area contributed by atoms with E-state index in [2.05, 4.69) is 21.4 Å². The Morgan fingerprint density at radius 3 is 2.83 bits per heavy atom. The number of pyridine rings is 1. The van der Waals surface area contributed by atoms with Gasteiger partial charge in [0, 0.05) is 6.07 Å². The zero-order chi connectivity index (χ0) is 21.1. The predicted molar refractivity (Wildman–Crippen MR) is 118 cm³/mol. The van der Waals surface area contributed by atoms with Crippen molar-refractivity contribution in [3.8, 4) is 16.6 Å². The first-order valence-corrected chi connectivity index (χ1v) is 11.1. The molecule has 1 amide bonds. The molecule has 4 aromatic rings. The molecule has 0 saturated heterocycles. The fourth-order valence-electron chi connectivity index (χ4n) is 2.62. The van der Waals surface area contributed by atoms with Crippen LogP contribution in [0.1, 0.15) is 5.56 Å². The SMILES string of the molecule is N#Cc1ccc(-c2cccs2)nc1SCC(=O)Nc1nc2c([N+](=O)[O-])cccc2s1. The summed E-state index contributed by atoms with van der Waals surface area (Å²) < 4.78 is 0.615. The minimum absolute atomic E-state index is 0.0214. The number of nitro benzene ring substituents is 1. The number of nitriles is 1. The minimum Gasteiger partial charge on any atom is -0.301 e. The maximum Gasteiger partial charge on any atom is 0.296 e. The molecule has 4 rings (SSSR count). The van der Waals surface area contributed by atoms with Crippen molar-refractivity contribution in [1.82, 2.24) is 9.97 Å². The van der Waals surface area contributed by atoms with Crippen LogP contribution >= 0.6 is 34.4 Å². The number of non-ortho nitro benzene ring substituents is 1. The number of carbonyl (C=O) groups is 1. The molecule has 1 N–H and O–H groups in total. The van der Waals surface area contributed by atoms with Crippen LogP contribution in [0.4, 0.5) is 10.8 Å². The summed E-state index contributed by atoms with van der Waals surface area (Å²) in [4.78, 5) is 32.7. The smallest absolute Gasteiger partial charge is 0.296 e. The Bertz CT molecular complexity index is 1290. The van der Waals surface area contributed by atoms with Gasteiger partial charge in [0.25, 0.3) is 5.69 Å². The van der Waals surface area contributed by atoms with Crippen molar-refractivity contribution < 1.29 is 9.72 Å². The summed E-state index contributed by atoms with van der Waals surface area (Å²) >= 11 is 3.86. The van der Waals surface area contributed by atoms with E-state index in [-0.39, 0.29) is 28.0 Å². The second-order valence-corrected chi connectivity index (χ2v) is 8.82. The van der Waals surface area contributed by atoms with Gasteiger partial charge in [0.05, 0.1) is 31.5 Å². The number of benzene rings is 1. The van der Waals surface area contributed by atoms with Gasteiger partial charge in [-0.2, -0.15) is 5.26 Å². The van der Waals surface area contributed by atoms with Gasteiger partial charge in [-0.25, -0.2) is 9.97 Å². The lowest BCUT2D eigenvalue weighted by Crippen LogP contribution is -2.14. The lowest BCUT2D eigenvalue weighted by molar-refractivity contribution is -0.383. The highest BCUT2D eigenvalue weighted by molar-refractivity contribution is 8.00. The zero-order valence-electron chi connectivity index (χ0n) is 15.1. The molecule has 0 aliphatic carbocycles. The molecule has 30 heavy (non-hydrogen) atoms. The Labute approximate surface area is 182 Å². The molecular formula is C19H11N5O3S3. The van der Waals surface area contributed by atoms with E-state index >= 15 is 0 Å². The number of hydrogen-bond donors (Lipinski definition) is 1. The first-order valence-electron chi connectivity index (χ1n) is 8.47. The normalized spacial score (nSPS) is 10.6. The lowest BCUT2D eigenvalue weighted by atomic mass is 10.2. The van der Waals surface area contributed by atoms with Crippen molar-refractivity contribution in [2.24, 2.45) is 0 Å². The fourth-order valence-corrected chi connectivity index (χ4v) is 4.99. The number of hydrogen-bond acceptors (Lipinski definition) is 9. The van der Waals surface area contributed by atoms with E-state index in [0.717, 1.165) is 33.7 Å². The highest BCUT2D eigenvalue weighted by Crippen LogP contribution is 2.32. The van der Waals surface area contributed by atoms with Gasteiger partial charge in [0.15, 0.2) is 10.6 Å². The molecule has 0 aliphatic heterocycles. The number of nitrogens with one attached hydrogen (secondary N) is 1. The third-order valence-electron chi connectivity index (χ3n) is 3.94. The van der Waals surface area contributed by atoms with Crippen LogP contribution in [0.5, 0.6) is 0 Å². The number of nitrogens with zero attached hydrogens (tertiary/aromatic N) is 4. The quantitative estimate of drug-likeness (QED) is 0.249. The Kier molecular flexibility index (Phi) is 5.71. The van der Waals surface area contributed by atoms with Crippen molar-refractivity contribution in [1.29, 1.82) is 5.26 Å². The number of thiazole rings is 1. The number of fused-ring (bicyclic) bond motifs is 1. The van der Waals surface area contributed by atoms with E-state index in [4.69, 9.17) is 0 Å². The molecule has 0 saturated carbocycles. The third kappa shape index (κ3) is 4.16. The topological polar surface area (TPSA) is 122 Å². The number of anilines is 1. The Hall–Kier alpha value is -3.33. The van der Waals surface area contributed by atoms with Crippen molar-refractivity contribution >= 4 is 61.4 Å². The van der Waals surface area contributed by atoms with Gasteiger partial charge in [0.2, 0.25) is 5.91 Å². The van der Waals surface area contributed by atoms with Gasteiger partial charge < -0.3 is 5.32 Å². The van der Waals surface area contributed by atoms with Crippen molar-refractivity contribution in [2.45, 2.75) is 5.03 Å². The van der Waals surface area contributed by atoms with E-state index in [9.17, 15) is 20.2 Å². The molecule has 3 aromatic heterocycles. The summed E-state index contributed by atoms with van der Waals surface area (Å²) in [6.07, 6.45) is 0. The van der Waals surface area contributed by atoms with E-state index in [1.807, 2.05) is 17.5 Å². The number of aromatic nitrogens is 2. The van der Waals surface area contributed by atoms with Gasteiger partial charge in [-0.15, -0.1) is 11.3 Å². The molecule has 0 radical (unpaired) electrons. The third-order valence-corrected chi connectivity index (χ3v) is 6.75. The van der Waals surface area contributed by atoms with Crippen molar-refractivity contribution in [2.75, 3.05) is 11.1 Å². The van der Waals surface area contributed by atoms with Crippen molar-refractivity contribution in [3.05, 3.63) is 63.5 Å². The molecular weight excluding hydrogens is 442 g/mol. The molecule has 3 heterocycles. The Morgan fingerprint density at radius 1 is 1.23 bits per heavy atom. The second kappa shape index (κ2) is 8.58. The van der Waals surface area contributed by atoms with E-state index < -0.39 is 4.92 Å². The molecule has 0 fully saturated rings. The number of nitro groups is 1. The van der Waals surface area contributed by atoms with Gasteiger partial charge in [-0.05, 0) is 29.6 Å². The number of thiophene rings is 1. The summed E-state index contributed by atoms with van der Waals surface area (Å²) in [6, 6.07) is 14.1. The van der Waals surface area contributed by atoms with Gasteiger partial charge >= 0.3 is 0 Å². The number of carbonyl (C=O) groups excluding carboxylic acids is 1. The van der Waals surface area contributed by atoms with Crippen LogP contribution in [-0.4, -0.2) is 26.6 Å². The lowest BCUT2D eigenvalue weighted by Gasteiger charge is -2.05. The standard InChI is InChI=1S/C19H11N5O3S3/c20-9-11-6-7-12(14-5-2-8-28-14)21-18(11)29-10-16(25)22-19-23-17-13(24(26)27)3-1-4-15(17)30-19/h1-8H,10H2,(H,22,23,25). The van der Waals surface area contributed by atoms with Gasteiger partial charge in [0.1, 0.15) is 11.1 Å². The average Bonchev–Trinajstić information content (AvgIpc) is 3.41. The number of thioether (sulfide) groups is 1. The summed E-state index contributed by atoms with van der Waals surface area (Å²) in [5.41, 5.74) is 1.27. The van der Waals surface area contributed by atoms with Crippen LogP contribution in [0.3, 0.4) is 0 Å². The van der Waals surface area contributed by atoms with E-state index in [1.165, 1.54) is 6.07 Å². The number of rotatable bonds is 6. The Morgan fingerprint density at radius 2 is 2.10 bits per heavy atom. The van der Waals surface area contributed by atoms with Crippen LogP contribution < -0.4 is 5.32 Å². The average molecular weight is 454 g/mol. The highest BCUT2D eigenvalue weighted by atomic mass is 32.2. The molecule has 0 spiro atoms. The van der Waals surface area contributed by atoms with Crippen LogP contribution in [0.15, 0.2) is 52.9 Å². The molecule has 0 atom stereocenters. The number of amides is 1. The molecule has 0 bridgehead atoms. The van der Waals surface area contributed by atoms with Crippen molar-refractivity contribution in [3.63, 3.8) is 0 Å². The predicted octanol–water partition coefficient (Wildman–Crippen LogP) is 4.93. The first-order chi connectivity index (χ1) is 14.5. The van der Waals surface area contributed by atoms with Gasteiger partial charge in [-0.1, -0.05) is 35.2 Å². The van der Waals surface area contributed by atoms with Crippen LogP contribution in [0.2, 0.25) is 0 Å². The van der Waals surface area contributed by atoms with Gasteiger partial charge in [-0.3, -0.25) is 14.9 Å². The van der Waals surface area contributed by atoms with Crippen LogP contribution in [-0.2, 0) is 4.79 Å². The van der Waals surface area contributed by atoms with E-state index in [0.29, 0.717) is 15.3 Å². The maximum absolute atomic E-state index is 12.4. The largest absolute Gasteiger partial charge is 0.301 e. The summed E-state index contributed by atoms with van der Waals surface area (Å²) in [6.45, 7) is 0. The molecule has 8 nitrogen and oxygen atoms in total. The molecule has 148 valence electrons. The van der Waals surface area contributed by atoms with Crippen LogP contribution in [0, 0.1) is 21.4 Å². The first kappa shape index (κ1) is 20.0. The maximum atomic E-state index is 12.4. The summed E-state index contributed by atoms with van der Waals surface area (Å²) in [5, 5.41) is 25.8. The molecule has 0 aliphatic rings. The second-order valence-electron chi connectivity index (χ2n) is 5.88.